The molecule has 4 aromatic carbocycles. The largest absolute Gasteiger partial charge is 0.288 e. The van der Waals surface area contributed by atoms with Gasteiger partial charge in [-0.05, 0) is 0 Å². The third-order valence-corrected chi connectivity index (χ3v) is 6.81. The molecule has 34 heavy (non-hydrogen) atoms. The van der Waals surface area contributed by atoms with E-state index in [9.17, 15) is 0 Å². The summed E-state index contributed by atoms with van der Waals surface area (Å²) < 4.78 is 2.20. The first-order valence-electron chi connectivity index (χ1n) is 11.2. The van der Waals surface area contributed by atoms with Crippen LogP contribution in [0.1, 0.15) is 0 Å². The van der Waals surface area contributed by atoms with Gasteiger partial charge in [-0.25, -0.2) is 9.97 Å². The van der Waals surface area contributed by atoms with Gasteiger partial charge in [-0.3, -0.25) is 4.57 Å². The maximum atomic E-state index is 5.11. The fourth-order valence-electron chi connectivity index (χ4n) is 4.04. The van der Waals surface area contributed by atoms with E-state index in [0.29, 0.717) is 0 Å². The van der Waals surface area contributed by atoms with Crippen molar-refractivity contribution in [3.8, 4) is 49.5 Å². The maximum Gasteiger partial charge on any atom is 0.145 e. The standard InChI is InChI=1S/C30H21N3S/c1-5-13-22(14-6-1)26-21-33(28(31-26)24-17-9-3-10-18-24)30-27(23-15-7-2-8-16-23)32-29(34-30)25-19-11-4-12-20-25/h1-21H. The fourth-order valence-corrected chi connectivity index (χ4v) is 5.11. The molecule has 3 nitrogen and oxygen atoms in total. The average Bonchev–Trinajstić information content (AvgIpc) is 3.56. The molecule has 0 fully saturated rings. The molecule has 0 aliphatic rings. The summed E-state index contributed by atoms with van der Waals surface area (Å²) in [5.74, 6) is 0.903. The Morgan fingerprint density at radius 1 is 0.500 bits per heavy atom. The highest BCUT2D eigenvalue weighted by atomic mass is 32.1. The summed E-state index contributed by atoms with van der Waals surface area (Å²) in [6, 6.07) is 41.4. The second-order valence-corrected chi connectivity index (χ2v) is 8.93. The number of hydrogen-bond donors (Lipinski definition) is 0. The second-order valence-electron chi connectivity index (χ2n) is 7.96. The molecule has 162 valence electrons. The molecule has 6 aromatic rings. The molecule has 0 amide bonds. The minimum Gasteiger partial charge on any atom is -0.288 e. The summed E-state index contributed by atoms with van der Waals surface area (Å²) in [7, 11) is 0. The van der Waals surface area contributed by atoms with E-state index < -0.39 is 0 Å². The molecule has 0 bridgehead atoms. The van der Waals surface area contributed by atoms with E-state index in [4.69, 9.17) is 9.97 Å². The zero-order valence-corrected chi connectivity index (χ0v) is 19.2. The average molecular weight is 456 g/mol. The number of thiazole rings is 1. The molecule has 0 unspecified atom stereocenters. The predicted octanol–water partition coefficient (Wildman–Crippen LogP) is 8.00. The highest BCUT2D eigenvalue weighted by Crippen LogP contribution is 2.39. The van der Waals surface area contributed by atoms with Gasteiger partial charge in [-0.15, -0.1) is 0 Å². The van der Waals surface area contributed by atoms with Crippen molar-refractivity contribution in [1.29, 1.82) is 0 Å². The van der Waals surface area contributed by atoms with Gasteiger partial charge in [-0.1, -0.05) is 133 Å². The number of rotatable bonds is 5. The van der Waals surface area contributed by atoms with Crippen LogP contribution >= 0.6 is 11.3 Å². The van der Waals surface area contributed by atoms with Gasteiger partial charge >= 0.3 is 0 Å². The first-order valence-corrected chi connectivity index (χ1v) is 12.0. The van der Waals surface area contributed by atoms with Crippen molar-refractivity contribution in [1.82, 2.24) is 14.5 Å². The number of imidazole rings is 1. The van der Waals surface area contributed by atoms with Crippen LogP contribution in [0.25, 0.3) is 49.5 Å². The molecule has 0 aliphatic carbocycles. The minimum atomic E-state index is 0.903. The summed E-state index contributed by atoms with van der Waals surface area (Å²) in [6.45, 7) is 0. The van der Waals surface area contributed by atoms with Gasteiger partial charge in [0, 0.05) is 28.5 Å². The second kappa shape index (κ2) is 8.93. The van der Waals surface area contributed by atoms with Crippen LogP contribution in [0.3, 0.4) is 0 Å². The lowest BCUT2D eigenvalue weighted by Gasteiger charge is -2.08. The van der Waals surface area contributed by atoms with Crippen molar-refractivity contribution in [2.24, 2.45) is 0 Å². The Balaban J connectivity index is 1.61. The SMILES string of the molecule is c1ccc(-c2cn(-c3sc(-c4ccccc4)nc3-c3ccccc3)c(-c3ccccc3)n2)cc1. The summed E-state index contributed by atoms with van der Waals surface area (Å²) in [5.41, 5.74) is 6.25. The minimum absolute atomic E-state index is 0.903. The Morgan fingerprint density at radius 2 is 1.00 bits per heavy atom. The lowest BCUT2D eigenvalue weighted by atomic mass is 10.1. The van der Waals surface area contributed by atoms with Gasteiger partial charge in [-0.2, -0.15) is 0 Å². The van der Waals surface area contributed by atoms with Gasteiger partial charge in [0.1, 0.15) is 21.5 Å². The molecule has 4 heteroatoms. The molecule has 0 N–H and O–H groups in total. The van der Waals surface area contributed by atoms with Crippen molar-refractivity contribution in [2.45, 2.75) is 0 Å². The van der Waals surface area contributed by atoms with E-state index >= 15 is 0 Å². The molecule has 2 aromatic heterocycles. The maximum absolute atomic E-state index is 5.11. The van der Waals surface area contributed by atoms with E-state index in [1.165, 1.54) is 0 Å². The molecule has 0 aliphatic heterocycles. The van der Waals surface area contributed by atoms with Crippen molar-refractivity contribution < 1.29 is 0 Å². The van der Waals surface area contributed by atoms with Crippen molar-refractivity contribution in [3.05, 3.63) is 128 Å². The summed E-state index contributed by atoms with van der Waals surface area (Å²) in [5, 5.41) is 2.04. The molecular weight excluding hydrogens is 434 g/mol. The highest BCUT2D eigenvalue weighted by molar-refractivity contribution is 7.18. The van der Waals surface area contributed by atoms with Crippen molar-refractivity contribution in [2.75, 3.05) is 0 Å². The smallest absolute Gasteiger partial charge is 0.145 e. The van der Waals surface area contributed by atoms with E-state index in [1.54, 1.807) is 11.3 Å². The quantitative estimate of drug-likeness (QED) is 0.264. The third-order valence-electron chi connectivity index (χ3n) is 5.70. The van der Waals surface area contributed by atoms with Crippen LogP contribution in [-0.2, 0) is 0 Å². The summed E-state index contributed by atoms with van der Waals surface area (Å²) in [6.07, 6.45) is 2.13. The normalized spacial score (nSPS) is 10.9. The Morgan fingerprint density at radius 3 is 1.59 bits per heavy atom. The molecule has 0 saturated carbocycles. The van der Waals surface area contributed by atoms with Crippen molar-refractivity contribution >= 4 is 11.3 Å². The Labute approximate surface area is 202 Å². The number of aromatic nitrogens is 3. The number of hydrogen-bond acceptors (Lipinski definition) is 3. The fraction of sp³-hybridized carbons (Fsp3) is 0. The topological polar surface area (TPSA) is 30.7 Å². The van der Waals surface area contributed by atoms with Crippen LogP contribution in [0.15, 0.2) is 128 Å². The number of benzene rings is 4. The first-order chi connectivity index (χ1) is 16.9. The van der Waals surface area contributed by atoms with Crippen LogP contribution < -0.4 is 0 Å². The molecule has 6 rings (SSSR count). The van der Waals surface area contributed by atoms with Crippen LogP contribution in [0.2, 0.25) is 0 Å². The van der Waals surface area contributed by atoms with Gasteiger partial charge in [0.05, 0.1) is 5.69 Å². The number of nitrogens with zero attached hydrogens (tertiary/aromatic N) is 3. The van der Waals surface area contributed by atoms with Crippen LogP contribution in [-0.4, -0.2) is 14.5 Å². The zero-order chi connectivity index (χ0) is 22.7. The van der Waals surface area contributed by atoms with Gasteiger partial charge in [0.25, 0.3) is 0 Å². The molecule has 0 saturated heterocycles. The molecule has 2 heterocycles. The molecule has 0 atom stereocenters. The van der Waals surface area contributed by atoms with E-state index in [-0.39, 0.29) is 0 Å². The Kier molecular flexibility index (Phi) is 5.34. The summed E-state index contributed by atoms with van der Waals surface area (Å²) in [4.78, 5) is 10.2. The van der Waals surface area contributed by atoms with E-state index in [2.05, 4.69) is 95.7 Å². The molecule has 0 spiro atoms. The lowest BCUT2D eigenvalue weighted by molar-refractivity contribution is 1.09. The van der Waals surface area contributed by atoms with E-state index in [0.717, 1.165) is 49.5 Å². The van der Waals surface area contributed by atoms with Crippen molar-refractivity contribution in [3.63, 3.8) is 0 Å². The van der Waals surface area contributed by atoms with Crippen LogP contribution in [0.4, 0.5) is 0 Å². The third kappa shape index (κ3) is 3.85. The Hall–Kier alpha value is -4.28. The first kappa shape index (κ1) is 20.3. The van der Waals surface area contributed by atoms with E-state index in [1.807, 2.05) is 36.4 Å². The summed E-state index contributed by atoms with van der Waals surface area (Å²) >= 11 is 1.69. The van der Waals surface area contributed by atoms with Crippen LogP contribution in [0, 0.1) is 0 Å². The molecule has 0 radical (unpaired) electrons. The van der Waals surface area contributed by atoms with Gasteiger partial charge in [0.2, 0.25) is 0 Å². The van der Waals surface area contributed by atoms with Gasteiger partial charge < -0.3 is 0 Å². The molecular formula is C30H21N3S. The zero-order valence-electron chi connectivity index (χ0n) is 18.4. The monoisotopic (exact) mass is 455 g/mol. The Bertz CT molecular complexity index is 1400. The van der Waals surface area contributed by atoms with Gasteiger partial charge in [0.15, 0.2) is 0 Å². The highest BCUT2D eigenvalue weighted by Gasteiger charge is 2.21. The predicted molar refractivity (Wildman–Crippen MR) is 141 cm³/mol. The lowest BCUT2D eigenvalue weighted by Crippen LogP contribution is -1.96. The van der Waals surface area contributed by atoms with Crippen LogP contribution in [0.5, 0.6) is 0 Å².